The van der Waals surface area contributed by atoms with Gasteiger partial charge in [-0.25, -0.2) is 4.98 Å². The fourth-order valence-corrected chi connectivity index (χ4v) is 4.38. The Morgan fingerprint density at radius 3 is 2.31 bits per heavy atom. The summed E-state index contributed by atoms with van der Waals surface area (Å²) in [6.07, 6.45) is 3.85. The molecule has 1 amide bonds. The van der Waals surface area contributed by atoms with Crippen molar-refractivity contribution in [3.63, 3.8) is 0 Å². The van der Waals surface area contributed by atoms with Crippen LogP contribution in [0.25, 0.3) is 0 Å². The molecule has 0 aliphatic carbocycles. The Labute approximate surface area is 172 Å². The number of nitrogens with zero attached hydrogens (tertiary/aromatic N) is 5. The van der Waals surface area contributed by atoms with E-state index >= 15 is 0 Å². The first-order valence-corrected chi connectivity index (χ1v) is 10.5. The first kappa shape index (κ1) is 20.1. The van der Waals surface area contributed by atoms with Crippen LogP contribution in [-0.4, -0.2) is 88.7 Å². The van der Waals surface area contributed by atoms with E-state index in [4.69, 9.17) is 4.74 Å². The largest absolute Gasteiger partial charge is 0.379 e. The van der Waals surface area contributed by atoms with Gasteiger partial charge in [-0.3, -0.25) is 14.6 Å². The molecular weight excluding hydrogens is 366 g/mol. The van der Waals surface area contributed by atoms with Crippen LogP contribution in [0.2, 0.25) is 0 Å². The standard InChI is InChI=1S/C22H31N5O2/c1-18(25-14-16-29-17-15-25)22(28)27-12-10-26(11-13-27)20(19-6-4-3-5-7-19)21-23-8-9-24(21)2/h3-9,18,20H,10-17H2,1-2H3/t18-,20-/m0/s1. The van der Waals surface area contributed by atoms with E-state index in [1.807, 2.05) is 37.3 Å². The van der Waals surface area contributed by atoms with E-state index in [0.717, 1.165) is 45.1 Å². The summed E-state index contributed by atoms with van der Waals surface area (Å²) in [5, 5.41) is 0. The average molecular weight is 398 g/mol. The minimum atomic E-state index is -0.0788. The third-order valence-electron chi connectivity index (χ3n) is 6.16. The van der Waals surface area contributed by atoms with Crippen molar-refractivity contribution in [1.82, 2.24) is 24.3 Å². The van der Waals surface area contributed by atoms with E-state index in [1.165, 1.54) is 5.56 Å². The quantitative estimate of drug-likeness (QED) is 0.763. The molecule has 0 N–H and O–H groups in total. The number of piperazine rings is 1. The molecule has 2 aliphatic rings. The molecule has 3 heterocycles. The molecular formula is C22H31N5O2. The number of rotatable bonds is 5. The van der Waals surface area contributed by atoms with Crippen LogP contribution >= 0.6 is 0 Å². The van der Waals surface area contributed by atoms with Gasteiger partial charge in [-0.05, 0) is 12.5 Å². The molecule has 2 aromatic rings. The molecule has 1 aromatic carbocycles. The van der Waals surface area contributed by atoms with Gasteiger partial charge in [0.15, 0.2) is 0 Å². The number of carbonyl (C=O) groups excluding carboxylic acids is 1. The van der Waals surface area contributed by atoms with Crippen LogP contribution in [0.3, 0.4) is 0 Å². The molecule has 1 aromatic heterocycles. The minimum Gasteiger partial charge on any atom is -0.379 e. The molecule has 156 valence electrons. The Morgan fingerprint density at radius 1 is 1.00 bits per heavy atom. The highest BCUT2D eigenvalue weighted by molar-refractivity contribution is 5.81. The molecule has 2 fully saturated rings. The van der Waals surface area contributed by atoms with E-state index in [0.29, 0.717) is 13.2 Å². The highest BCUT2D eigenvalue weighted by atomic mass is 16.5. The van der Waals surface area contributed by atoms with Gasteiger partial charge in [0.1, 0.15) is 5.82 Å². The summed E-state index contributed by atoms with van der Waals surface area (Å²) < 4.78 is 7.51. The van der Waals surface area contributed by atoms with Crippen LogP contribution in [0.5, 0.6) is 0 Å². The molecule has 2 saturated heterocycles. The lowest BCUT2D eigenvalue weighted by molar-refractivity contribution is -0.140. The first-order valence-electron chi connectivity index (χ1n) is 10.5. The number of amides is 1. The van der Waals surface area contributed by atoms with E-state index in [1.54, 1.807) is 0 Å². The number of aromatic nitrogens is 2. The van der Waals surface area contributed by atoms with Crippen molar-refractivity contribution in [2.45, 2.75) is 19.0 Å². The van der Waals surface area contributed by atoms with Crippen LogP contribution in [0.1, 0.15) is 24.4 Å². The Morgan fingerprint density at radius 2 is 1.69 bits per heavy atom. The van der Waals surface area contributed by atoms with Crippen molar-refractivity contribution in [1.29, 1.82) is 0 Å². The molecule has 0 unspecified atom stereocenters. The summed E-state index contributed by atoms with van der Waals surface area (Å²) in [5.41, 5.74) is 1.24. The molecule has 7 heteroatoms. The molecule has 0 saturated carbocycles. The zero-order valence-corrected chi connectivity index (χ0v) is 17.4. The molecule has 29 heavy (non-hydrogen) atoms. The van der Waals surface area contributed by atoms with Crippen LogP contribution in [0.15, 0.2) is 42.7 Å². The predicted molar refractivity (Wildman–Crippen MR) is 112 cm³/mol. The fraction of sp³-hybridized carbons (Fsp3) is 0.545. The molecule has 0 bridgehead atoms. The van der Waals surface area contributed by atoms with Gasteiger partial charge in [0.25, 0.3) is 0 Å². The molecule has 2 aliphatic heterocycles. The Kier molecular flexibility index (Phi) is 6.28. The lowest BCUT2D eigenvalue weighted by Crippen LogP contribution is -2.56. The number of imidazole rings is 1. The lowest BCUT2D eigenvalue weighted by Gasteiger charge is -2.41. The van der Waals surface area contributed by atoms with Crippen molar-refractivity contribution in [3.05, 3.63) is 54.1 Å². The van der Waals surface area contributed by atoms with Gasteiger partial charge in [0.05, 0.1) is 25.3 Å². The van der Waals surface area contributed by atoms with E-state index in [2.05, 4.69) is 43.6 Å². The number of morpholine rings is 1. The van der Waals surface area contributed by atoms with E-state index in [-0.39, 0.29) is 18.0 Å². The summed E-state index contributed by atoms with van der Waals surface area (Å²) >= 11 is 0. The van der Waals surface area contributed by atoms with Gasteiger partial charge >= 0.3 is 0 Å². The van der Waals surface area contributed by atoms with Gasteiger partial charge in [-0.2, -0.15) is 0 Å². The second kappa shape index (κ2) is 9.07. The minimum absolute atomic E-state index is 0.0788. The van der Waals surface area contributed by atoms with E-state index < -0.39 is 0 Å². The lowest BCUT2D eigenvalue weighted by atomic mass is 10.0. The van der Waals surface area contributed by atoms with Crippen LogP contribution in [0, 0.1) is 0 Å². The van der Waals surface area contributed by atoms with Crippen LogP contribution in [-0.2, 0) is 16.6 Å². The normalized spacial score (nSPS) is 21.1. The third kappa shape index (κ3) is 4.37. The van der Waals surface area contributed by atoms with Crippen LogP contribution in [0.4, 0.5) is 0 Å². The van der Waals surface area contributed by atoms with Gasteiger partial charge in [0.2, 0.25) is 5.91 Å². The summed E-state index contributed by atoms with van der Waals surface area (Å²) in [7, 11) is 2.04. The number of benzene rings is 1. The number of hydrogen-bond acceptors (Lipinski definition) is 5. The zero-order chi connectivity index (χ0) is 20.2. The van der Waals surface area contributed by atoms with Crippen molar-refractivity contribution in [3.8, 4) is 0 Å². The summed E-state index contributed by atoms with van der Waals surface area (Å²) in [6.45, 7) is 8.32. The van der Waals surface area contributed by atoms with Crippen LogP contribution < -0.4 is 0 Å². The SMILES string of the molecule is C[C@@H](C(=O)N1CCN([C@@H](c2ccccc2)c2nccn2C)CC1)N1CCOCC1. The Bertz CT molecular complexity index is 795. The summed E-state index contributed by atoms with van der Waals surface area (Å²) in [4.78, 5) is 24.4. The Balaban J connectivity index is 1.44. The zero-order valence-electron chi connectivity index (χ0n) is 17.4. The number of aryl methyl sites for hydroxylation is 1. The summed E-state index contributed by atoms with van der Waals surface area (Å²) in [6, 6.07) is 10.6. The number of carbonyl (C=O) groups is 1. The monoisotopic (exact) mass is 397 g/mol. The third-order valence-corrected chi connectivity index (χ3v) is 6.16. The average Bonchev–Trinajstić information content (AvgIpc) is 3.20. The van der Waals surface area contributed by atoms with Gasteiger partial charge < -0.3 is 14.2 Å². The number of hydrogen-bond donors (Lipinski definition) is 0. The van der Waals surface area contributed by atoms with Crippen molar-refractivity contribution in [2.24, 2.45) is 7.05 Å². The molecule has 4 rings (SSSR count). The van der Waals surface area contributed by atoms with E-state index in [9.17, 15) is 4.79 Å². The second-order valence-corrected chi connectivity index (χ2v) is 7.90. The summed E-state index contributed by atoms with van der Waals surface area (Å²) in [5.74, 6) is 1.28. The predicted octanol–water partition coefficient (Wildman–Crippen LogP) is 1.37. The second-order valence-electron chi connectivity index (χ2n) is 7.90. The maximum absolute atomic E-state index is 13.0. The molecule has 0 radical (unpaired) electrons. The first-order chi connectivity index (χ1) is 14.1. The van der Waals surface area contributed by atoms with Gasteiger partial charge in [-0.15, -0.1) is 0 Å². The Hall–Kier alpha value is -2.22. The smallest absolute Gasteiger partial charge is 0.239 e. The highest BCUT2D eigenvalue weighted by Crippen LogP contribution is 2.28. The molecule has 7 nitrogen and oxygen atoms in total. The van der Waals surface area contributed by atoms with Gasteiger partial charge in [-0.1, -0.05) is 30.3 Å². The highest BCUT2D eigenvalue weighted by Gasteiger charge is 2.33. The topological polar surface area (TPSA) is 53.8 Å². The maximum Gasteiger partial charge on any atom is 0.239 e. The molecule has 2 atom stereocenters. The number of ether oxygens (including phenoxy) is 1. The molecule has 0 spiro atoms. The van der Waals surface area contributed by atoms with Gasteiger partial charge in [0, 0.05) is 58.7 Å². The van der Waals surface area contributed by atoms with Crippen molar-refractivity contribution >= 4 is 5.91 Å². The van der Waals surface area contributed by atoms with Crippen molar-refractivity contribution in [2.75, 3.05) is 52.5 Å². The van der Waals surface area contributed by atoms with Crippen molar-refractivity contribution < 1.29 is 9.53 Å². The fourth-order valence-electron chi connectivity index (χ4n) is 4.38. The maximum atomic E-state index is 13.0.